The van der Waals surface area contributed by atoms with Crippen LogP contribution in [-0.4, -0.2) is 56.7 Å². The van der Waals surface area contributed by atoms with Gasteiger partial charge in [0.15, 0.2) is 0 Å². The van der Waals surface area contributed by atoms with Crippen LogP contribution in [0.2, 0.25) is 0 Å². The molecule has 1 saturated carbocycles. The molecule has 0 aromatic heterocycles. The number of carbonyl (C=O) groups excluding carboxylic acids is 1. The Morgan fingerprint density at radius 3 is 2.36 bits per heavy atom. The van der Waals surface area contributed by atoms with E-state index in [0.29, 0.717) is 19.7 Å². The zero-order chi connectivity index (χ0) is 16.0. The molecule has 1 unspecified atom stereocenters. The standard InChI is InChI=1S/C15H28N2O4S/c1-22(19,20)17(13-7-4-2-3-5-8-13)11-10-16-15(18)14-9-6-12-21-14/h13-14H,2-12H2,1H3,(H,16,18). The summed E-state index contributed by atoms with van der Waals surface area (Å²) in [6.45, 7) is 1.33. The molecule has 1 atom stereocenters. The molecule has 1 aliphatic heterocycles. The second kappa shape index (κ2) is 8.26. The van der Waals surface area contributed by atoms with Gasteiger partial charge in [0, 0.05) is 25.7 Å². The maximum absolute atomic E-state index is 12.1. The van der Waals surface area contributed by atoms with Gasteiger partial charge in [-0.15, -0.1) is 0 Å². The van der Waals surface area contributed by atoms with E-state index < -0.39 is 10.0 Å². The largest absolute Gasteiger partial charge is 0.368 e. The van der Waals surface area contributed by atoms with E-state index in [-0.39, 0.29) is 18.1 Å². The molecule has 2 fully saturated rings. The molecule has 22 heavy (non-hydrogen) atoms. The molecule has 1 amide bonds. The molecule has 2 rings (SSSR count). The van der Waals surface area contributed by atoms with Gasteiger partial charge >= 0.3 is 0 Å². The normalized spacial score (nSPS) is 24.4. The summed E-state index contributed by atoms with van der Waals surface area (Å²) in [5.74, 6) is -0.119. The number of nitrogens with one attached hydrogen (secondary N) is 1. The summed E-state index contributed by atoms with van der Waals surface area (Å²) in [5, 5.41) is 2.81. The van der Waals surface area contributed by atoms with Crippen molar-refractivity contribution in [2.75, 3.05) is 26.0 Å². The lowest BCUT2D eigenvalue weighted by Crippen LogP contribution is -2.45. The van der Waals surface area contributed by atoms with Crippen LogP contribution in [0.1, 0.15) is 51.4 Å². The monoisotopic (exact) mass is 332 g/mol. The number of nitrogens with zero attached hydrogens (tertiary/aromatic N) is 1. The molecule has 1 heterocycles. The fourth-order valence-corrected chi connectivity index (χ4v) is 4.53. The number of hydrogen-bond acceptors (Lipinski definition) is 4. The fraction of sp³-hybridized carbons (Fsp3) is 0.933. The van der Waals surface area contributed by atoms with Crippen molar-refractivity contribution in [3.63, 3.8) is 0 Å². The van der Waals surface area contributed by atoms with Crippen LogP contribution in [0.15, 0.2) is 0 Å². The number of amides is 1. The van der Waals surface area contributed by atoms with Gasteiger partial charge in [-0.2, -0.15) is 4.31 Å². The first-order valence-corrected chi connectivity index (χ1v) is 10.2. The third kappa shape index (κ3) is 5.21. The van der Waals surface area contributed by atoms with Gasteiger partial charge in [-0.25, -0.2) is 8.42 Å². The molecule has 1 saturated heterocycles. The minimum Gasteiger partial charge on any atom is -0.368 e. The number of ether oxygens (including phenoxy) is 1. The lowest BCUT2D eigenvalue weighted by molar-refractivity contribution is -0.130. The average Bonchev–Trinajstić information content (AvgIpc) is 2.86. The number of hydrogen-bond donors (Lipinski definition) is 1. The van der Waals surface area contributed by atoms with Crippen LogP contribution in [0.5, 0.6) is 0 Å². The highest BCUT2D eigenvalue weighted by atomic mass is 32.2. The number of rotatable bonds is 6. The Hall–Kier alpha value is -0.660. The molecular weight excluding hydrogens is 304 g/mol. The minimum absolute atomic E-state index is 0.0807. The van der Waals surface area contributed by atoms with E-state index in [1.807, 2.05) is 0 Å². The van der Waals surface area contributed by atoms with Crippen molar-refractivity contribution in [1.82, 2.24) is 9.62 Å². The maximum Gasteiger partial charge on any atom is 0.249 e. The molecule has 1 aliphatic carbocycles. The van der Waals surface area contributed by atoms with Gasteiger partial charge in [-0.05, 0) is 25.7 Å². The lowest BCUT2D eigenvalue weighted by atomic mass is 10.1. The Kier molecular flexibility index (Phi) is 6.65. The zero-order valence-electron chi connectivity index (χ0n) is 13.4. The third-order valence-corrected chi connectivity index (χ3v) is 5.84. The molecule has 2 aliphatic rings. The van der Waals surface area contributed by atoms with E-state index >= 15 is 0 Å². The lowest BCUT2D eigenvalue weighted by Gasteiger charge is -2.29. The molecule has 0 aromatic rings. The molecule has 0 radical (unpaired) electrons. The van der Waals surface area contributed by atoms with E-state index in [0.717, 1.165) is 38.5 Å². The first-order valence-electron chi connectivity index (χ1n) is 8.34. The van der Waals surface area contributed by atoms with E-state index in [9.17, 15) is 13.2 Å². The highest BCUT2D eigenvalue weighted by Crippen LogP contribution is 2.23. The molecule has 128 valence electrons. The van der Waals surface area contributed by atoms with Gasteiger partial charge in [0.1, 0.15) is 6.10 Å². The van der Waals surface area contributed by atoms with Gasteiger partial charge < -0.3 is 10.1 Å². The van der Waals surface area contributed by atoms with E-state index in [2.05, 4.69) is 5.32 Å². The van der Waals surface area contributed by atoms with Crippen molar-refractivity contribution in [1.29, 1.82) is 0 Å². The predicted octanol–water partition coefficient (Wildman–Crippen LogP) is 1.27. The average molecular weight is 332 g/mol. The molecule has 0 bridgehead atoms. The van der Waals surface area contributed by atoms with Gasteiger partial charge in [0.2, 0.25) is 15.9 Å². The molecule has 1 N–H and O–H groups in total. The minimum atomic E-state index is -3.25. The Morgan fingerprint density at radius 1 is 1.14 bits per heavy atom. The van der Waals surface area contributed by atoms with Crippen LogP contribution in [0.4, 0.5) is 0 Å². The zero-order valence-corrected chi connectivity index (χ0v) is 14.2. The third-order valence-electron chi connectivity index (χ3n) is 4.51. The van der Waals surface area contributed by atoms with Crippen molar-refractivity contribution >= 4 is 15.9 Å². The summed E-state index contributed by atoms with van der Waals surface area (Å²) in [4.78, 5) is 11.9. The quantitative estimate of drug-likeness (QED) is 0.743. The summed E-state index contributed by atoms with van der Waals surface area (Å²) in [6.07, 6.45) is 8.95. The first-order chi connectivity index (χ1) is 10.5. The molecular formula is C15H28N2O4S. The second-order valence-corrected chi connectivity index (χ2v) is 8.25. The second-order valence-electron chi connectivity index (χ2n) is 6.31. The van der Waals surface area contributed by atoms with E-state index in [1.165, 1.54) is 19.1 Å². The Morgan fingerprint density at radius 2 is 1.82 bits per heavy atom. The number of carbonyl (C=O) groups is 1. The van der Waals surface area contributed by atoms with Gasteiger partial charge in [0.25, 0.3) is 0 Å². The van der Waals surface area contributed by atoms with Crippen molar-refractivity contribution < 1.29 is 17.9 Å². The van der Waals surface area contributed by atoms with Gasteiger partial charge in [-0.3, -0.25) is 4.79 Å². The van der Waals surface area contributed by atoms with Crippen LogP contribution in [-0.2, 0) is 19.6 Å². The van der Waals surface area contributed by atoms with E-state index in [1.54, 1.807) is 4.31 Å². The summed E-state index contributed by atoms with van der Waals surface area (Å²) >= 11 is 0. The van der Waals surface area contributed by atoms with Crippen LogP contribution >= 0.6 is 0 Å². The molecule has 6 nitrogen and oxygen atoms in total. The SMILES string of the molecule is CS(=O)(=O)N(CCNC(=O)C1CCCO1)C1CCCCCC1. The van der Waals surface area contributed by atoms with Crippen LogP contribution in [0.25, 0.3) is 0 Å². The highest BCUT2D eigenvalue weighted by Gasteiger charge is 2.28. The van der Waals surface area contributed by atoms with Gasteiger partial charge in [0.05, 0.1) is 6.26 Å². The van der Waals surface area contributed by atoms with E-state index in [4.69, 9.17) is 4.74 Å². The summed E-state index contributed by atoms with van der Waals surface area (Å²) < 4.78 is 31.0. The van der Waals surface area contributed by atoms with Gasteiger partial charge in [-0.1, -0.05) is 25.7 Å². The molecule has 0 aromatic carbocycles. The molecule has 7 heteroatoms. The highest BCUT2D eigenvalue weighted by molar-refractivity contribution is 7.88. The first kappa shape index (κ1) is 17.7. The van der Waals surface area contributed by atoms with Crippen molar-refractivity contribution in [2.24, 2.45) is 0 Å². The Labute approximate surface area is 133 Å². The van der Waals surface area contributed by atoms with Crippen LogP contribution < -0.4 is 5.32 Å². The van der Waals surface area contributed by atoms with Crippen molar-refractivity contribution in [3.05, 3.63) is 0 Å². The fourth-order valence-electron chi connectivity index (χ4n) is 3.35. The summed E-state index contributed by atoms with van der Waals surface area (Å²) in [6, 6.07) is 0.0807. The van der Waals surface area contributed by atoms with Crippen molar-refractivity contribution in [2.45, 2.75) is 63.5 Å². The maximum atomic E-state index is 12.1. The smallest absolute Gasteiger partial charge is 0.249 e. The predicted molar refractivity (Wildman–Crippen MR) is 85.0 cm³/mol. The van der Waals surface area contributed by atoms with Crippen molar-refractivity contribution in [3.8, 4) is 0 Å². The Bertz CT molecular complexity index is 452. The summed E-state index contributed by atoms with van der Waals surface area (Å²) in [7, 11) is -3.25. The Balaban J connectivity index is 1.85. The van der Waals surface area contributed by atoms with Crippen LogP contribution in [0, 0.1) is 0 Å². The topological polar surface area (TPSA) is 75.7 Å². The number of sulfonamides is 1. The van der Waals surface area contributed by atoms with Crippen LogP contribution in [0.3, 0.4) is 0 Å². The summed E-state index contributed by atoms with van der Waals surface area (Å²) in [5.41, 5.74) is 0. The molecule has 0 spiro atoms.